The van der Waals surface area contributed by atoms with Gasteiger partial charge in [-0.1, -0.05) is 48.0 Å². The maximum atomic E-state index is 3.24. The maximum absolute atomic E-state index is 3.24. The molecule has 2 aromatic rings. The van der Waals surface area contributed by atoms with Gasteiger partial charge in [-0.05, 0) is 31.2 Å². The molecular formula is C16H19NS. The van der Waals surface area contributed by atoms with Crippen LogP contribution in [0.25, 0.3) is 0 Å². The molecule has 94 valence electrons. The Bertz CT molecular complexity index is 494. The molecule has 0 atom stereocenters. The molecule has 0 fully saturated rings. The average molecular weight is 257 g/mol. The third-order valence-electron chi connectivity index (χ3n) is 2.82. The highest BCUT2D eigenvalue weighted by Crippen LogP contribution is 2.27. The SMILES string of the molecule is CNCc1cc(C)ccc1SCc1ccccc1. The van der Waals surface area contributed by atoms with Gasteiger partial charge >= 0.3 is 0 Å². The number of thioether (sulfide) groups is 1. The Kier molecular flexibility index (Phi) is 4.85. The van der Waals surface area contributed by atoms with Crippen molar-refractivity contribution in [2.75, 3.05) is 7.05 Å². The average Bonchev–Trinajstić information content (AvgIpc) is 2.39. The van der Waals surface area contributed by atoms with Gasteiger partial charge in [-0.15, -0.1) is 11.8 Å². The monoisotopic (exact) mass is 257 g/mol. The predicted octanol–water partition coefficient (Wildman–Crippen LogP) is 4.01. The Morgan fingerprint density at radius 1 is 1.06 bits per heavy atom. The first-order valence-corrected chi connectivity index (χ1v) is 7.19. The second kappa shape index (κ2) is 6.62. The zero-order valence-electron chi connectivity index (χ0n) is 10.9. The smallest absolute Gasteiger partial charge is 0.0232 e. The molecule has 2 heteroatoms. The van der Waals surface area contributed by atoms with Gasteiger partial charge < -0.3 is 5.32 Å². The van der Waals surface area contributed by atoms with Crippen molar-refractivity contribution in [2.24, 2.45) is 0 Å². The molecule has 0 heterocycles. The summed E-state index contributed by atoms with van der Waals surface area (Å²) in [6, 6.07) is 17.3. The zero-order chi connectivity index (χ0) is 12.8. The van der Waals surface area contributed by atoms with Crippen LogP contribution in [0.3, 0.4) is 0 Å². The number of rotatable bonds is 5. The molecule has 0 aromatic heterocycles. The lowest BCUT2D eigenvalue weighted by atomic mass is 10.1. The summed E-state index contributed by atoms with van der Waals surface area (Å²) in [5.41, 5.74) is 4.08. The van der Waals surface area contributed by atoms with E-state index in [0.29, 0.717) is 0 Å². The molecule has 2 rings (SSSR count). The van der Waals surface area contributed by atoms with E-state index < -0.39 is 0 Å². The molecule has 0 spiro atoms. The number of nitrogens with one attached hydrogen (secondary N) is 1. The summed E-state index contributed by atoms with van der Waals surface area (Å²) in [5, 5.41) is 3.24. The number of aryl methyl sites for hydroxylation is 1. The molecule has 0 aliphatic carbocycles. The highest BCUT2D eigenvalue weighted by atomic mass is 32.2. The minimum Gasteiger partial charge on any atom is -0.316 e. The van der Waals surface area contributed by atoms with Gasteiger partial charge in [-0.2, -0.15) is 0 Å². The van der Waals surface area contributed by atoms with Crippen molar-refractivity contribution >= 4 is 11.8 Å². The van der Waals surface area contributed by atoms with Crippen molar-refractivity contribution < 1.29 is 0 Å². The Hall–Kier alpha value is -1.25. The van der Waals surface area contributed by atoms with Crippen LogP contribution in [0, 0.1) is 6.92 Å². The number of benzene rings is 2. The van der Waals surface area contributed by atoms with E-state index in [1.165, 1.54) is 21.6 Å². The number of hydrogen-bond donors (Lipinski definition) is 1. The lowest BCUT2D eigenvalue weighted by molar-refractivity contribution is 0.802. The summed E-state index contributed by atoms with van der Waals surface area (Å²) in [5.74, 6) is 1.03. The van der Waals surface area contributed by atoms with Crippen LogP contribution in [0.4, 0.5) is 0 Å². The fourth-order valence-electron chi connectivity index (χ4n) is 1.91. The lowest BCUT2D eigenvalue weighted by Gasteiger charge is -2.10. The van der Waals surface area contributed by atoms with Gasteiger partial charge in [0.1, 0.15) is 0 Å². The van der Waals surface area contributed by atoms with Gasteiger partial charge in [0.15, 0.2) is 0 Å². The van der Waals surface area contributed by atoms with Crippen LogP contribution in [0.5, 0.6) is 0 Å². The van der Waals surface area contributed by atoms with Crippen LogP contribution >= 0.6 is 11.8 Å². The Labute approximate surface area is 114 Å². The van der Waals surface area contributed by atoms with E-state index >= 15 is 0 Å². The van der Waals surface area contributed by atoms with E-state index in [9.17, 15) is 0 Å². The highest BCUT2D eigenvalue weighted by Gasteiger charge is 2.03. The normalized spacial score (nSPS) is 10.6. The van der Waals surface area contributed by atoms with E-state index in [4.69, 9.17) is 0 Å². The maximum Gasteiger partial charge on any atom is 0.0232 e. The van der Waals surface area contributed by atoms with E-state index in [2.05, 4.69) is 60.8 Å². The molecule has 0 amide bonds. The summed E-state index contributed by atoms with van der Waals surface area (Å²) in [6.07, 6.45) is 0. The van der Waals surface area contributed by atoms with Crippen molar-refractivity contribution in [2.45, 2.75) is 24.1 Å². The van der Waals surface area contributed by atoms with Crippen molar-refractivity contribution in [3.8, 4) is 0 Å². The molecular weight excluding hydrogens is 238 g/mol. The van der Waals surface area contributed by atoms with Gasteiger partial charge in [-0.3, -0.25) is 0 Å². The van der Waals surface area contributed by atoms with Crippen molar-refractivity contribution in [3.63, 3.8) is 0 Å². The summed E-state index contributed by atoms with van der Waals surface area (Å²) < 4.78 is 0. The Balaban J connectivity index is 2.09. The second-order valence-corrected chi connectivity index (χ2v) is 5.43. The topological polar surface area (TPSA) is 12.0 Å². The molecule has 0 aliphatic rings. The molecule has 0 unspecified atom stereocenters. The fourth-order valence-corrected chi connectivity index (χ4v) is 2.91. The highest BCUT2D eigenvalue weighted by molar-refractivity contribution is 7.98. The minimum atomic E-state index is 0.929. The summed E-state index contributed by atoms with van der Waals surface area (Å²) in [4.78, 5) is 1.37. The van der Waals surface area contributed by atoms with Crippen LogP contribution in [0.2, 0.25) is 0 Å². The van der Waals surface area contributed by atoms with Crippen LogP contribution in [0.1, 0.15) is 16.7 Å². The summed E-state index contributed by atoms with van der Waals surface area (Å²) in [7, 11) is 1.99. The zero-order valence-corrected chi connectivity index (χ0v) is 11.8. The van der Waals surface area contributed by atoms with Crippen LogP contribution in [-0.2, 0) is 12.3 Å². The van der Waals surface area contributed by atoms with E-state index in [1.54, 1.807) is 0 Å². The van der Waals surface area contributed by atoms with Gasteiger partial charge in [0, 0.05) is 17.2 Å². The molecule has 1 N–H and O–H groups in total. The first-order chi connectivity index (χ1) is 8.79. The Morgan fingerprint density at radius 3 is 2.56 bits per heavy atom. The summed E-state index contributed by atoms with van der Waals surface area (Å²) >= 11 is 1.91. The first-order valence-electron chi connectivity index (χ1n) is 6.20. The molecule has 1 nitrogen and oxygen atoms in total. The van der Waals surface area contributed by atoms with E-state index in [0.717, 1.165) is 12.3 Å². The predicted molar refractivity (Wildman–Crippen MR) is 79.9 cm³/mol. The van der Waals surface area contributed by atoms with Gasteiger partial charge in [0.25, 0.3) is 0 Å². The Morgan fingerprint density at radius 2 is 1.83 bits per heavy atom. The van der Waals surface area contributed by atoms with Crippen LogP contribution in [-0.4, -0.2) is 7.05 Å². The molecule has 18 heavy (non-hydrogen) atoms. The molecule has 0 aliphatic heterocycles. The largest absolute Gasteiger partial charge is 0.316 e. The second-order valence-electron chi connectivity index (χ2n) is 4.42. The third kappa shape index (κ3) is 3.62. The number of hydrogen-bond acceptors (Lipinski definition) is 2. The summed E-state index contributed by atoms with van der Waals surface area (Å²) in [6.45, 7) is 3.07. The fraction of sp³-hybridized carbons (Fsp3) is 0.250. The molecule has 0 saturated heterocycles. The van der Waals surface area contributed by atoms with Crippen LogP contribution < -0.4 is 5.32 Å². The third-order valence-corrected chi connectivity index (χ3v) is 4.01. The van der Waals surface area contributed by atoms with Crippen molar-refractivity contribution in [1.29, 1.82) is 0 Å². The van der Waals surface area contributed by atoms with Gasteiger partial charge in [0.05, 0.1) is 0 Å². The van der Waals surface area contributed by atoms with E-state index in [-0.39, 0.29) is 0 Å². The lowest BCUT2D eigenvalue weighted by Crippen LogP contribution is -2.06. The minimum absolute atomic E-state index is 0.929. The van der Waals surface area contributed by atoms with E-state index in [1.807, 2.05) is 18.8 Å². The van der Waals surface area contributed by atoms with Crippen LogP contribution in [0.15, 0.2) is 53.4 Å². The molecule has 0 radical (unpaired) electrons. The van der Waals surface area contributed by atoms with Gasteiger partial charge in [-0.25, -0.2) is 0 Å². The van der Waals surface area contributed by atoms with Crippen molar-refractivity contribution in [1.82, 2.24) is 5.32 Å². The van der Waals surface area contributed by atoms with Crippen molar-refractivity contribution in [3.05, 3.63) is 65.2 Å². The standard InChI is InChI=1S/C16H19NS/c1-13-8-9-16(15(10-13)11-17-2)18-12-14-6-4-3-5-7-14/h3-10,17H,11-12H2,1-2H3. The molecule has 2 aromatic carbocycles. The molecule has 0 bridgehead atoms. The van der Waals surface area contributed by atoms with Gasteiger partial charge in [0.2, 0.25) is 0 Å². The first kappa shape index (κ1) is 13.2. The quantitative estimate of drug-likeness (QED) is 0.812. The molecule has 0 saturated carbocycles.